The molecule has 6 aromatic carbocycles. The van der Waals surface area contributed by atoms with Crippen LogP contribution in [0.15, 0.2) is 127 Å². The van der Waals surface area contributed by atoms with Gasteiger partial charge in [0.15, 0.2) is 0 Å². The van der Waals surface area contributed by atoms with Gasteiger partial charge in [0.05, 0.1) is 35.9 Å². The molecule has 3 saturated carbocycles. The second kappa shape index (κ2) is 46.0. The van der Waals surface area contributed by atoms with E-state index in [2.05, 4.69) is 51.0 Å². The first-order chi connectivity index (χ1) is 47.2. The number of benzene rings is 6. The van der Waals surface area contributed by atoms with E-state index in [4.69, 9.17) is 110 Å². The van der Waals surface area contributed by atoms with Crippen LogP contribution in [0, 0.1) is 17.8 Å². The lowest BCUT2D eigenvalue weighted by atomic mass is 9.87. The maximum absolute atomic E-state index is 13.0. The lowest BCUT2D eigenvalue weighted by Crippen LogP contribution is -2.47. The SMILES string of the molecule is C.C.C.C.CCN(CC)CC.NC1CCCCC1.O=C(NC1CCCCC1)[C@@H]1CC[C@@H](c2ccc(Cl)cc2Cl)N(c2ccc(Cl)cc2)C1.O=C(NC1CCCCC1)[C@H]1CC[C@@H](c2ccc(Cl)cc2Cl)N(c2ccc(Cl)cc2)C1.O=C(O)C1CC[C@@H](c2ccc(Cl)cc2Cl)N(c2ccc(Cl)cc2)C1. The van der Waals surface area contributed by atoms with Gasteiger partial charge in [-0.2, -0.15) is 0 Å². The molecule has 2 amide bonds. The number of nitrogens with zero attached hydrogens (tertiary/aromatic N) is 4. The standard InChI is InChI=1S/2C24H27Cl3N2O.C18H16Cl3NO2.C6H13N.C6H15N.4CH4/c2*25-17-7-10-20(11-8-17)29-15-16(24(30)28-19-4-2-1-3-5-19)6-13-23(29)21-12-9-18(26)14-22(21)27;19-12-2-5-14(6-3-12)22-10-11(18(23)24)1-8-17(22)15-7-4-13(20)9-16(15)21;7-6-4-2-1-3-5-6;1-4-7(5-2)6-3;;;;/h2*7-12,14,16,19,23H,1-6,13,15H2,(H,28,30);2-7,9,11,17H,1,8,10H2,(H,23,24);6H,1-5,7H2;4-6H2,1-3H3;4*1H4/t16-,23+;16-,23-;11?,17-;;;;;;/m100....../s1. The summed E-state index contributed by atoms with van der Waals surface area (Å²) in [7, 11) is 0. The van der Waals surface area contributed by atoms with Crippen LogP contribution >= 0.6 is 104 Å². The van der Waals surface area contributed by atoms with Gasteiger partial charge in [0.2, 0.25) is 11.8 Å². The van der Waals surface area contributed by atoms with Gasteiger partial charge in [-0.15, -0.1) is 0 Å². The van der Waals surface area contributed by atoms with E-state index in [0.717, 1.165) is 85.1 Å². The Kier molecular flexibility index (Phi) is 40.6. The molecule has 3 aliphatic carbocycles. The molecule has 0 radical (unpaired) electrons. The Labute approximate surface area is 657 Å². The van der Waals surface area contributed by atoms with E-state index in [1.165, 1.54) is 90.3 Å². The zero-order chi connectivity index (χ0) is 70.3. The third-order valence-electron chi connectivity index (χ3n) is 20.2. The molecular weight excluding hydrogens is 1470 g/mol. The molecule has 3 heterocycles. The number of nitrogens with one attached hydrogen (secondary N) is 2. The van der Waals surface area contributed by atoms with Crippen LogP contribution in [0.1, 0.15) is 220 Å². The van der Waals surface area contributed by atoms with Crippen molar-refractivity contribution in [3.63, 3.8) is 0 Å². The van der Waals surface area contributed by atoms with Gasteiger partial charge in [-0.05, 0) is 223 Å². The molecule has 11 nitrogen and oxygen atoms in total. The molecule has 20 heteroatoms. The van der Waals surface area contributed by atoms with Crippen molar-refractivity contribution < 1.29 is 19.5 Å². The van der Waals surface area contributed by atoms with Gasteiger partial charge in [0.25, 0.3) is 0 Å². The fourth-order valence-corrected chi connectivity index (χ4v) is 16.5. The molecular formula is C82H114Cl9N7O4. The van der Waals surface area contributed by atoms with Crippen molar-refractivity contribution >= 4 is 139 Å². The van der Waals surface area contributed by atoms with Gasteiger partial charge in [0, 0.05) is 100 Å². The number of aliphatic carboxylic acids is 1. The van der Waals surface area contributed by atoms with Gasteiger partial charge in [-0.25, -0.2) is 0 Å². The number of anilines is 3. The van der Waals surface area contributed by atoms with Crippen molar-refractivity contribution in [1.82, 2.24) is 15.5 Å². The number of hydrogen-bond donors (Lipinski definition) is 4. The molecule has 6 atom stereocenters. The highest BCUT2D eigenvalue weighted by molar-refractivity contribution is 6.36. The quantitative estimate of drug-likeness (QED) is 0.0841. The van der Waals surface area contributed by atoms with Crippen LogP contribution in [-0.4, -0.2) is 85.2 Å². The maximum atomic E-state index is 13.0. The lowest BCUT2D eigenvalue weighted by molar-refractivity contribution is -0.142. The lowest BCUT2D eigenvalue weighted by Gasteiger charge is -2.42. The number of carboxylic acid groups (broad SMARTS) is 1. The zero-order valence-corrected chi connectivity index (χ0v) is 63.7. The van der Waals surface area contributed by atoms with Crippen LogP contribution in [0.25, 0.3) is 0 Å². The number of piperidine rings is 3. The zero-order valence-electron chi connectivity index (χ0n) is 56.9. The Hall–Kier alpha value is -4.34. The van der Waals surface area contributed by atoms with Gasteiger partial charge in [0.1, 0.15) is 0 Å². The largest absolute Gasteiger partial charge is 0.481 e. The van der Waals surface area contributed by atoms with Gasteiger partial charge in [-0.3, -0.25) is 14.4 Å². The molecule has 6 fully saturated rings. The second-order valence-corrected chi connectivity index (χ2v) is 30.6. The fraction of sp³-hybridized carbons (Fsp3) is 0.524. The van der Waals surface area contributed by atoms with Crippen molar-refractivity contribution in [2.75, 3.05) is 54.0 Å². The van der Waals surface area contributed by atoms with E-state index in [-0.39, 0.29) is 71.5 Å². The van der Waals surface area contributed by atoms with E-state index in [1.807, 2.05) is 109 Å². The van der Waals surface area contributed by atoms with Gasteiger partial charge in [-0.1, -0.05) is 231 Å². The predicted molar refractivity (Wildman–Crippen MR) is 441 cm³/mol. The molecule has 3 saturated heterocycles. The summed E-state index contributed by atoms with van der Waals surface area (Å²) in [5, 5.41) is 21.8. The van der Waals surface area contributed by atoms with Crippen molar-refractivity contribution in [2.24, 2.45) is 23.5 Å². The van der Waals surface area contributed by atoms with Gasteiger partial charge < -0.3 is 41.1 Å². The van der Waals surface area contributed by atoms with Crippen LogP contribution in [0.5, 0.6) is 0 Å². The smallest absolute Gasteiger partial charge is 0.308 e. The molecule has 3 aliphatic heterocycles. The molecule has 12 rings (SSSR count). The van der Waals surface area contributed by atoms with Crippen LogP contribution in [0.2, 0.25) is 45.2 Å². The molecule has 564 valence electrons. The van der Waals surface area contributed by atoms with Crippen molar-refractivity contribution in [3.8, 4) is 0 Å². The molecule has 0 aromatic heterocycles. The Morgan fingerprint density at radius 2 is 0.647 bits per heavy atom. The molecule has 6 aromatic rings. The number of hydrogen-bond acceptors (Lipinski definition) is 8. The first kappa shape index (κ1) is 90.1. The van der Waals surface area contributed by atoms with E-state index >= 15 is 0 Å². The highest BCUT2D eigenvalue weighted by atomic mass is 35.5. The highest BCUT2D eigenvalue weighted by Crippen LogP contribution is 2.44. The Morgan fingerprint density at radius 3 is 0.892 bits per heavy atom. The molecule has 1 unspecified atom stereocenters. The monoisotopic (exact) mass is 1580 g/mol. The van der Waals surface area contributed by atoms with E-state index < -0.39 is 11.9 Å². The molecule has 0 spiro atoms. The first-order valence-corrected chi connectivity index (χ1v) is 38.8. The summed E-state index contributed by atoms with van der Waals surface area (Å²) < 4.78 is 0. The average molecular weight is 1580 g/mol. The van der Waals surface area contributed by atoms with Crippen LogP contribution in [0.4, 0.5) is 17.1 Å². The van der Waals surface area contributed by atoms with Crippen LogP contribution in [0.3, 0.4) is 0 Å². The first-order valence-electron chi connectivity index (χ1n) is 35.4. The van der Waals surface area contributed by atoms with Gasteiger partial charge >= 0.3 is 5.97 Å². The number of rotatable bonds is 14. The molecule has 0 bridgehead atoms. The maximum Gasteiger partial charge on any atom is 0.308 e. The van der Waals surface area contributed by atoms with Crippen LogP contribution in [-0.2, 0) is 14.4 Å². The summed E-state index contributed by atoms with van der Waals surface area (Å²) in [5.74, 6) is -0.879. The normalized spacial score (nSPS) is 20.7. The Morgan fingerprint density at radius 1 is 0.382 bits per heavy atom. The minimum absolute atomic E-state index is 0. The summed E-state index contributed by atoms with van der Waals surface area (Å²) in [6.07, 6.45) is 23.2. The molecule has 6 aliphatic rings. The summed E-state index contributed by atoms with van der Waals surface area (Å²) in [5.41, 5.74) is 11.7. The summed E-state index contributed by atoms with van der Waals surface area (Å²) in [6.45, 7) is 11.9. The second-order valence-electron chi connectivity index (χ2n) is 26.8. The fourth-order valence-electron chi connectivity index (χ4n) is 14.5. The Bertz CT molecular complexity index is 3290. The molecule has 5 N–H and O–H groups in total. The number of halogens is 9. The highest BCUT2D eigenvalue weighted by Gasteiger charge is 2.38. The van der Waals surface area contributed by atoms with E-state index in [9.17, 15) is 19.5 Å². The van der Waals surface area contributed by atoms with E-state index in [1.54, 1.807) is 18.2 Å². The summed E-state index contributed by atoms with van der Waals surface area (Å²) >= 11 is 56.0. The Balaban J connectivity index is 0.000000291. The van der Waals surface area contributed by atoms with Crippen molar-refractivity contribution in [2.45, 2.75) is 222 Å². The summed E-state index contributed by atoms with van der Waals surface area (Å²) in [6, 6.07) is 41.2. The van der Waals surface area contributed by atoms with Crippen molar-refractivity contribution in [3.05, 3.63) is 189 Å². The number of carbonyl (C=O) groups is 3. The minimum Gasteiger partial charge on any atom is -0.481 e. The van der Waals surface area contributed by atoms with Crippen molar-refractivity contribution in [1.29, 1.82) is 0 Å². The minimum atomic E-state index is -0.769. The number of carbonyl (C=O) groups excluding carboxylic acids is 2. The van der Waals surface area contributed by atoms with Crippen LogP contribution < -0.4 is 31.1 Å². The number of nitrogens with two attached hydrogens (primary N) is 1. The average Bonchev–Trinajstić information content (AvgIpc) is 0.802. The topological polar surface area (TPSA) is 134 Å². The number of amides is 2. The third kappa shape index (κ3) is 27.2. The number of carboxylic acids is 1. The van der Waals surface area contributed by atoms with E-state index in [0.29, 0.717) is 95.8 Å². The third-order valence-corrected chi connectivity index (χ3v) is 22.6. The molecule has 102 heavy (non-hydrogen) atoms. The predicted octanol–water partition coefficient (Wildman–Crippen LogP) is 25.0. The summed E-state index contributed by atoms with van der Waals surface area (Å²) in [4.78, 5) is 46.6.